The van der Waals surface area contributed by atoms with Crippen LogP contribution in [0.15, 0.2) is 18.2 Å². The average Bonchev–Trinajstić information content (AvgIpc) is 2.76. The van der Waals surface area contributed by atoms with Crippen molar-refractivity contribution in [1.29, 1.82) is 0 Å². The number of hydrogen-bond acceptors (Lipinski definition) is 2. The SMILES string of the molecule is Cc1ccc(-c2nnc(CCl)n2C(C)C)cc1Cl. The van der Waals surface area contributed by atoms with Gasteiger partial charge in [0.15, 0.2) is 5.82 Å². The van der Waals surface area contributed by atoms with Gasteiger partial charge in [-0.2, -0.15) is 0 Å². The van der Waals surface area contributed by atoms with E-state index in [4.69, 9.17) is 23.2 Å². The fraction of sp³-hybridized carbons (Fsp3) is 0.385. The average molecular weight is 284 g/mol. The molecule has 0 saturated heterocycles. The monoisotopic (exact) mass is 283 g/mol. The molecule has 0 atom stereocenters. The number of aromatic nitrogens is 3. The minimum absolute atomic E-state index is 0.254. The Balaban J connectivity index is 2.56. The van der Waals surface area contributed by atoms with Crippen molar-refractivity contribution < 1.29 is 0 Å². The summed E-state index contributed by atoms with van der Waals surface area (Å²) in [6.07, 6.45) is 0. The maximum absolute atomic E-state index is 6.15. The Morgan fingerprint density at radius 1 is 1.28 bits per heavy atom. The van der Waals surface area contributed by atoms with Crippen LogP contribution >= 0.6 is 23.2 Å². The van der Waals surface area contributed by atoms with Gasteiger partial charge in [-0.05, 0) is 32.4 Å². The number of alkyl halides is 1. The Bertz CT molecular complexity index is 561. The highest BCUT2D eigenvalue weighted by Gasteiger charge is 2.15. The van der Waals surface area contributed by atoms with Crippen molar-refractivity contribution in [3.05, 3.63) is 34.6 Å². The molecule has 1 aromatic carbocycles. The second kappa shape index (κ2) is 5.29. The molecule has 2 aromatic rings. The molecule has 5 heteroatoms. The van der Waals surface area contributed by atoms with Crippen LogP contribution < -0.4 is 0 Å². The molecule has 0 aliphatic heterocycles. The van der Waals surface area contributed by atoms with Gasteiger partial charge in [0.2, 0.25) is 0 Å². The Kier molecular flexibility index (Phi) is 3.93. The summed E-state index contributed by atoms with van der Waals surface area (Å²) in [6, 6.07) is 6.15. The third-order valence-electron chi connectivity index (χ3n) is 2.83. The molecule has 0 spiro atoms. The van der Waals surface area contributed by atoms with Crippen LogP contribution in [-0.4, -0.2) is 14.8 Å². The predicted molar refractivity (Wildman–Crippen MR) is 75.1 cm³/mol. The van der Waals surface area contributed by atoms with E-state index < -0.39 is 0 Å². The second-order valence-electron chi connectivity index (χ2n) is 4.50. The minimum atomic E-state index is 0.254. The number of halogens is 2. The van der Waals surface area contributed by atoms with E-state index in [0.717, 1.165) is 27.8 Å². The van der Waals surface area contributed by atoms with Crippen LogP contribution in [0.3, 0.4) is 0 Å². The van der Waals surface area contributed by atoms with E-state index in [0.29, 0.717) is 5.88 Å². The molecule has 18 heavy (non-hydrogen) atoms. The topological polar surface area (TPSA) is 30.7 Å². The van der Waals surface area contributed by atoms with Crippen LogP contribution in [0.1, 0.15) is 31.3 Å². The van der Waals surface area contributed by atoms with Gasteiger partial charge in [-0.3, -0.25) is 0 Å². The first-order valence-electron chi connectivity index (χ1n) is 5.81. The summed E-state index contributed by atoms with van der Waals surface area (Å²) >= 11 is 12.0. The van der Waals surface area contributed by atoms with Crippen LogP contribution in [0.2, 0.25) is 5.02 Å². The maximum atomic E-state index is 6.15. The molecule has 1 aromatic heterocycles. The van der Waals surface area contributed by atoms with Crippen LogP contribution in [0.5, 0.6) is 0 Å². The van der Waals surface area contributed by atoms with Crippen LogP contribution in [-0.2, 0) is 5.88 Å². The lowest BCUT2D eigenvalue weighted by atomic mass is 10.1. The van der Waals surface area contributed by atoms with E-state index in [2.05, 4.69) is 24.0 Å². The number of nitrogens with zero attached hydrogens (tertiary/aromatic N) is 3. The van der Waals surface area contributed by atoms with Gasteiger partial charge in [-0.25, -0.2) is 0 Å². The smallest absolute Gasteiger partial charge is 0.164 e. The van der Waals surface area contributed by atoms with Gasteiger partial charge in [0.25, 0.3) is 0 Å². The summed E-state index contributed by atoms with van der Waals surface area (Å²) in [5, 5.41) is 9.08. The normalized spacial score (nSPS) is 11.2. The summed E-state index contributed by atoms with van der Waals surface area (Å²) in [7, 11) is 0. The highest BCUT2D eigenvalue weighted by molar-refractivity contribution is 6.31. The molecule has 0 N–H and O–H groups in total. The third-order valence-corrected chi connectivity index (χ3v) is 3.48. The lowest BCUT2D eigenvalue weighted by molar-refractivity contribution is 0.585. The molecule has 0 unspecified atom stereocenters. The quantitative estimate of drug-likeness (QED) is 0.790. The summed E-state index contributed by atoms with van der Waals surface area (Å²) in [5.74, 6) is 1.94. The van der Waals surface area contributed by atoms with Crippen molar-refractivity contribution in [2.24, 2.45) is 0 Å². The predicted octanol–water partition coefficient (Wildman–Crippen LogP) is 4.23. The Hall–Kier alpha value is -1.06. The van der Waals surface area contributed by atoms with E-state index in [1.165, 1.54) is 0 Å². The molecule has 0 bridgehead atoms. The van der Waals surface area contributed by atoms with Gasteiger partial charge in [0.1, 0.15) is 5.82 Å². The van der Waals surface area contributed by atoms with E-state index >= 15 is 0 Å². The van der Waals surface area contributed by atoms with E-state index in [-0.39, 0.29) is 6.04 Å². The number of benzene rings is 1. The second-order valence-corrected chi connectivity index (χ2v) is 5.18. The molecule has 2 rings (SSSR count). The summed E-state index contributed by atoms with van der Waals surface area (Å²) < 4.78 is 2.04. The molecule has 3 nitrogen and oxygen atoms in total. The van der Waals surface area contributed by atoms with Gasteiger partial charge in [-0.15, -0.1) is 21.8 Å². The highest BCUT2D eigenvalue weighted by atomic mass is 35.5. The molecule has 0 saturated carbocycles. The molecule has 1 heterocycles. The van der Waals surface area contributed by atoms with Crippen molar-refractivity contribution in [2.45, 2.75) is 32.7 Å². The minimum Gasteiger partial charge on any atom is -0.307 e. The van der Waals surface area contributed by atoms with E-state index in [1.54, 1.807) is 0 Å². The first kappa shape index (κ1) is 13.4. The Labute approximate surface area is 117 Å². The Morgan fingerprint density at radius 2 is 2.00 bits per heavy atom. The fourth-order valence-electron chi connectivity index (χ4n) is 1.89. The third kappa shape index (κ3) is 2.38. The molecular weight excluding hydrogens is 269 g/mol. The first-order valence-corrected chi connectivity index (χ1v) is 6.72. The molecule has 0 fully saturated rings. The standard InChI is InChI=1S/C13H15Cl2N3/c1-8(2)18-12(7-14)16-17-13(18)10-5-4-9(3)11(15)6-10/h4-6,8H,7H2,1-3H3. The largest absolute Gasteiger partial charge is 0.307 e. The maximum Gasteiger partial charge on any atom is 0.164 e. The van der Waals surface area contributed by atoms with E-state index in [9.17, 15) is 0 Å². The zero-order valence-electron chi connectivity index (χ0n) is 10.6. The zero-order chi connectivity index (χ0) is 13.3. The molecule has 0 amide bonds. The first-order chi connectivity index (χ1) is 8.54. The van der Waals surface area contributed by atoms with Crippen molar-refractivity contribution in [1.82, 2.24) is 14.8 Å². The number of aryl methyl sites for hydroxylation is 1. The van der Waals surface area contributed by atoms with Gasteiger partial charge in [-0.1, -0.05) is 23.7 Å². The Morgan fingerprint density at radius 3 is 2.56 bits per heavy atom. The highest BCUT2D eigenvalue weighted by Crippen LogP contribution is 2.27. The van der Waals surface area contributed by atoms with Gasteiger partial charge < -0.3 is 4.57 Å². The van der Waals surface area contributed by atoms with Crippen LogP contribution in [0, 0.1) is 6.92 Å². The van der Waals surface area contributed by atoms with Crippen LogP contribution in [0.25, 0.3) is 11.4 Å². The van der Waals surface area contributed by atoms with Crippen molar-refractivity contribution >= 4 is 23.2 Å². The van der Waals surface area contributed by atoms with Gasteiger partial charge >= 0.3 is 0 Å². The fourth-order valence-corrected chi connectivity index (χ4v) is 2.25. The van der Waals surface area contributed by atoms with E-state index in [1.807, 2.05) is 29.7 Å². The summed E-state index contributed by atoms with van der Waals surface area (Å²) in [5.41, 5.74) is 2.01. The van der Waals surface area contributed by atoms with Crippen molar-refractivity contribution in [3.8, 4) is 11.4 Å². The molecule has 0 aliphatic rings. The summed E-state index contributed by atoms with van der Waals surface area (Å²) in [4.78, 5) is 0. The number of rotatable bonds is 3. The molecule has 0 radical (unpaired) electrons. The summed E-state index contributed by atoms with van der Waals surface area (Å²) in [6.45, 7) is 6.14. The van der Waals surface area contributed by atoms with Crippen molar-refractivity contribution in [2.75, 3.05) is 0 Å². The van der Waals surface area contributed by atoms with Gasteiger partial charge in [0.05, 0.1) is 5.88 Å². The van der Waals surface area contributed by atoms with Gasteiger partial charge in [0, 0.05) is 16.6 Å². The van der Waals surface area contributed by atoms with Crippen LogP contribution in [0.4, 0.5) is 0 Å². The van der Waals surface area contributed by atoms with Crippen molar-refractivity contribution in [3.63, 3.8) is 0 Å². The number of hydrogen-bond donors (Lipinski definition) is 0. The molecule has 0 aliphatic carbocycles. The molecule has 96 valence electrons. The molecular formula is C13H15Cl2N3. The zero-order valence-corrected chi connectivity index (χ0v) is 12.1. The lowest BCUT2D eigenvalue weighted by Gasteiger charge is -2.13. The lowest BCUT2D eigenvalue weighted by Crippen LogP contribution is -2.07.